The van der Waals surface area contributed by atoms with Crippen LogP contribution in [-0.4, -0.2) is 21.6 Å². The SMILES string of the molecule is Cc1ccnc(SCCCl)n1. The Morgan fingerprint density at radius 2 is 2.45 bits per heavy atom. The summed E-state index contributed by atoms with van der Waals surface area (Å²) in [6.45, 7) is 1.95. The second-order valence-corrected chi connectivity index (χ2v) is 3.46. The fourth-order valence-corrected chi connectivity index (χ4v) is 1.46. The van der Waals surface area contributed by atoms with Crippen molar-refractivity contribution in [2.75, 3.05) is 11.6 Å². The zero-order chi connectivity index (χ0) is 8.10. The molecule has 0 aromatic carbocycles. The first-order valence-electron chi connectivity index (χ1n) is 3.31. The smallest absolute Gasteiger partial charge is 0.187 e. The highest BCUT2D eigenvalue weighted by Crippen LogP contribution is 2.11. The zero-order valence-corrected chi connectivity index (χ0v) is 7.82. The number of hydrogen-bond acceptors (Lipinski definition) is 3. The van der Waals surface area contributed by atoms with Gasteiger partial charge in [-0.15, -0.1) is 11.6 Å². The lowest BCUT2D eigenvalue weighted by molar-refractivity contribution is 0.933. The molecule has 0 aliphatic carbocycles. The van der Waals surface area contributed by atoms with Gasteiger partial charge < -0.3 is 0 Å². The average Bonchev–Trinajstić information content (AvgIpc) is 2.01. The summed E-state index contributed by atoms with van der Waals surface area (Å²) in [6, 6.07) is 1.88. The highest BCUT2D eigenvalue weighted by molar-refractivity contribution is 7.99. The summed E-state index contributed by atoms with van der Waals surface area (Å²) < 4.78 is 0. The van der Waals surface area contributed by atoms with Gasteiger partial charge in [-0.3, -0.25) is 0 Å². The molecule has 1 aromatic heterocycles. The monoisotopic (exact) mass is 188 g/mol. The van der Waals surface area contributed by atoms with Gasteiger partial charge in [-0.2, -0.15) is 0 Å². The minimum Gasteiger partial charge on any atom is -0.231 e. The fraction of sp³-hybridized carbons (Fsp3) is 0.429. The molecule has 0 aliphatic rings. The van der Waals surface area contributed by atoms with Crippen LogP contribution in [0, 0.1) is 6.92 Å². The lowest BCUT2D eigenvalue weighted by Crippen LogP contribution is -1.89. The lowest BCUT2D eigenvalue weighted by Gasteiger charge is -1.96. The van der Waals surface area contributed by atoms with Gasteiger partial charge in [-0.1, -0.05) is 11.8 Å². The van der Waals surface area contributed by atoms with Gasteiger partial charge in [0, 0.05) is 23.5 Å². The maximum atomic E-state index is 5.51. The van der Waals surface area contributed by atoms with Crippen molar-refractivity contribution in [1.29, 1.82) is 0 Å². The maximum absolute atomic E-state index is 5.51. The molecule has 0 saturated carbocycles. The number of aromatic nitrogens is 2. The van der Waals surface area contributed by atoms with Crippen molar-refractivity contribution >= 4 is 23.4 Å². The van der Waals surface area contributed by atoms with Crippen molar-refractivity contribution in [3.05, 3.63) is 18.0 Å². The molecule has 2 nitrogen and oxygen atoms in total. The molecule has 1 aromatic rings. The van der Waals surface area contributed by atoms with Crippen LogP contribution < -0.4 is 0 Å². The number of halogens is 1. The fourth-order valence-electron chi connectivity index (χ4n) is 0.625. The number of aryl methyl sites for hydroxylation is 1. The molecule has 1 rings (SSSR count). The van der Waals surface area contributed by atoms with Gasteiger partial charge in [-0.25, -0.2) is 9.97 Å². The molecular weight excluding hydrogens is 180 g/mol. The van der Waals surface area contributed by atoms with Gasteiger partial charge in [0.2, 0.25) is 0 Å². The van der Waals surface area contributed by atoms with Gasteiger partial charge in [-0.05, 0) is 13.0 Å². The number of nitrogens with zero attached hydrogens (tertiary/aromatic N) is 2. The van der Waals surface area contributed by atoms with Crippen LogP contribution in [0.3, 0.4) is 0 Å². The summed E-state index contributed by atoms with van der Waals surface area (Å²) in [5.41, 5.74) is 0.997. The lowest BCUT2D eigenvalue weighted by atomic mass is 10.5. The molecule has 4 heteroatoms. The van der Waals surface area contributed by atoms with Crippen LogP contribution in [0.4, 0.5) is 0 Å². The highest BCUT2D eigenvalue weighted by Gasteiger charge is 1.95. The van der Waals surface area contributed by atoms with Crippen molar-refractivity contribution in [3.8, 4) is 0 Å². The van der Waals surface area contributed by atoms with Gasteiger partial charge in [0.15, 0.2) is 5.16 Å². The minimum atomic E-state index is 0.641. The Labute approximate surface area is 75.4 Å². The first-order valence-corrected chi connectivity index (χ1v) is 4.83. The van der Waals surface area contributed by atoms with Crippen LogP contribution in [0.25, 0.3) is 0 Å². The number of rotatable bonds is 3. The van der Waals surface area contributed by atoms with Gasteiger partial charge >= 0.3 is 0 Å². The Bertz CT molecular complexity index is 229. The zero-order valence-electron chi connectivity index (χ0n) is 6.25. The summed E-state index contributed by atoms with van der Waals surface area (Å²) in [7, 11) is 0. The Morgan fingerprint density at radius 3 is 3.09 bits per heavy atom. The minimum absolute atomic E-state index is 0.641. The van der Waals surface area contributed by atoms with Crippen LogP contribution >= 0.6 is 23.4 Å². The van der Waals surface area contributed by atoms with Gasteiger partial charge in [0.1, 0.15) is 0 Å². The molecule has 0 saturated heterocycles. The Hall–Kier alpha value is -0.280. The normalized spacial score (nSPS) is 10.0. The summed E-state index contributed by atoms with van der Waals surface area (Å²) in [6.07, 6.45) is 1.76. The van der Waals surface area contributed by atoms with E-state index < -0.39 is 0 Å². The molecule has 0 unspecified atom stereocenters. The van der Waals surface area contributed by atoms with Crippen LogP contribution in [0.15, 0.2) is 17.4 Å². The van der Waals surface area contributed by atoms with E-state index in [2.05, 4.69) is 9.97 Å². The third kappa shape index (κ3) is 3.08. The number of alkyl halides is 1. The van der Waals surface area contributed by atoms with E-state index in [1.807, 2.05) is 13.0 Å². The third-order valence-corrected chi connectivity index (χ3v) is 2.36. The molecule has 0 aliphatic heterocycles. The molecule has 0 fully saturated rings. The molecule has 0 N–H and O–H groups in total. The summed E-state index contributed by atoms with van der Waals surface area (Å²) in [4.78, 5) is 8.27. The van der Waals surface area contributed by atoms with Crippen LogP contribution in [0.2, 0.25) is 0 Å². The Morgan fingerprint density at radius 1 is 1.64 bits per heavy atom. The standard InChI is InChI=1S/C7H9ClN2S/c1-6-2-4-9-7(10-6)11-5-3-8/h2,4H,3,5H2,1H3. The maximum Gasteiger partial charge on any atom is 0.187 e. The van der Waals surface area contributed by atoms with Crippen LogP contribution in [0.1, 0.15) is 5.69 Å². The third-order valence-electron chi connectivity index (χ3n) is 1.08. The quantitative estimate of drug-likeness (QED) is 0.413. The van der Waals surface area contributed by atoms with Crippen molar-refractivity contribution in [2.45, 2.75) is 12.1 Å². The molecule has 0 atom stereocenters. The molecule has 60 valence electrons. The molecule has 0 radical (unpaired) electrons. The molecule has 0 amide bonds. The summed E-state index contributed by atoms with van der Waals surface area (Å²) in [5, 5.41) is 0.811. The van der Waals surface area contributed by atoms with Gasteiger partial charge in [0.25, 0.3) is 0 Å². The Kier molecular flexibility index (Phi) is 3.66. The predicted octanol–water partition coefficient (Wildman–Crippen LogP) is 2.12. The van der Waals surface area contributed by atoms with Crippen LogP contribution in [-0.2, 0) is 0 Å². The van der Waals surface area contributed by atoms with E-state index in [0.717, 1.165) is 16.6 Å². The van der Waals surface area contributed by atoms with Gasteiger partial charge in [0.05, 0.1) is 0 Å². The summed E-state index contributed by atoms with van der Waals surface area (Å²) >= 11 is 7.10. The van der Waals surface area contributed by atoms with Crippen molar-refractivity contribution in [2.24, 2.45) is 0 Å². The first kappa shape index (κ1) is 8.81. The summed E-state index contributed by atoms with van der Waals surface area (Å²) in [5.74, 6) is 1.51. The average molecular weight is 189 g/mol. The molecule has 0 spiro atoms. The van der Waals surface area contributed by atoms with E-state index in [9.17, 15) is 0 Å². The van der Waals surface area contributed by atoms with E-state index in [0.29, 0.717) is 5.88 Å². The van der Waals surface area contributed by atoms with Crippen molar-refractivity contribution in [1.82, 2.24) is 9.97 Å². The first-order chi connectivity index (χ1) is 5.33. The largest absolute Gasteiger partial charge is 0.231 e. The van der Waals surface area contributed by atoms with E-state index in [1.165, 1.54) is 0 Å². The van der Waals surface area contributed by atoms with E-state index >= 15 is 0 Å². The highest BCUT2D eigenvalue weighted by atomic mass is 35.5. The topological polar surface area (TPSA) is 25.8 Å². The Balaban J connectivity index is 2.56. The van der Waals surface area contributed by atoms with E-state index in [-0.39, 0.29) is 0 Å². The predicted molar refractivity (Wildman–Crippen MR) is 48.2 cm³/mol. The van der Waals surface area contributed by atoms with E-state index in [1.54, 1.807) is 18.0 Å². The molecule has 0 bridgehead atoms. The number of thioether (sulfide) groups is 1. The second kappa shape index (κ2) is 4.57. The molecular formula is C7H9ClN2S. The van der Waals surface area contributed by atoms with Crippen molar-refractivity contribution in [3.63, 3.8) is 0 Å². The molecule has 1 heterocycles. The number of hydrogen-bond donors (Lipinski definition) is 0. The van der Waals surface area contributed by atoms with E-state index in [4.69, 9.17) is 11.6 Å². The molecule has 11 heavy (non-hydrogen) atoms. The van der Waals surface area contributed by atoms with Crippen LogP contribution in [0.5, 0.6) is 0 Å². The van der Waals surface area contributed by atoms with Crippen molar-refractivity contribution < 1.29 is 0 Å². The second-order valence-electron chi connectivity index (χ2n) is 2.02.